The van der Waals surface area contributed by atoms with E-state index in [0.717, 1.165) is 23.6 Å². The summed E-state index contributed by atoms with van der Waals surface area (Å²) in [7, 11) is 5.68. The predicted octanol–water partition coefficient (Wildman–Crippen LogP) is 3.55. The number of aryl methyl sites for hydroxylation is 1. The van der Waals surface area contributed by atoms with Crippen LogP contribution in [0.25, 0.3) is 0 Å². The van der Waals surface area contributed by atoms with Gasteiger partial charge in [0.25, 0.3) is 0 Å². The van der Waals surface area contributed by atoms with E-state index in [1.54, 1.807) is 14.2 Å². The van der Waals surface area contributed by atoms with Gasteiger partial charge in [0.1, 0.15) is 0 Å². The first-order valence-electron chi connectivity index (χ1n) is 8.14. The van der Waals surface area contributed by atoms with Crippen LogP contribution >= 0.6 is 0 Å². The molecule has 1 aromatic carbocycles. The van der Waals surface area contributed by atoms with Gasteiger partial charge in [-0.3, -0.25) is 0 Å². The lowest BCUT2D eigenvalue weighted by Gasteiger charge is -2.40. The maximum atomic E-state index is 5.58. The summed E-state index contributed by atoms with van der Waals surface area (Å²) in [5, 5.41) is 0. The number of hydrogen-bond donors (Lipinski definition) is 0. The van der Waals surface area contributed by atoms with E-state index in [2.05, 4.69) is 50.1 Å². The van der Waals surface area contributed by atoms with Crippen LogP contribution < -0.4 is 9.47 Å². The largest absolute Gasteiger partial charge is 0.493 e. The minimum Gasteiger partial charge on any atom is -0.493 e. The predicted molar refractivity (Wildman–Crippen MR) is 89.9 cm³/mol. The summed E-state index contributed by atoms with van der Waals surface area (Å²) < 4.78 is 11.1. The third-order valence-corrected chi connectivity index (χ3v) is 5.52. The molecule has 0 aromatic heterocycles. The number of methoxy groups -OCH3 is 2. The Morgan fingerprint density at radius 3 is 2.68 bits per heavy atom. The van der Waals surface area contributed by atoms with Crippen molar-refractivity contribution < 1.29 is 9.47 Å². The SMILES string of the molecule is COc1cc([C@@]23C=C[C@@H](C)C[C@@H]2N(C)CC3)cc(C)c1OC. The summed E-state index contributed by atoms with van der Waals surface area (Å²) in [6.45, 7) is 5.56. The molecule has 3 nitrogen and oxygen atoms in total. The maximum Gasteiger partial charge on any atom is 0.163 e. The molecule has 1 aromatic rings. The fourth-order valence-electron chi connectivity index (χ4n) is 4.28. The molecule has 120 valence electrons. The zero-order valence-corrected chi connectivity index (χ0v) is 14.3. The number of allylic oxidation sites excluding steroid dienone is 1. The van der Waals surface area contributed by atoms with E-state index >= 15 is 0 Å². The Bertz CT molecular complexity index is 595. The van der Waals surface area contributed by atoms with Crippen LogP contribution in [0.3, 0.4) is 0 Å². The normalized spacial score (nSPS) is 31.1. The van der Waals surface area contributed by atoms with E-state index < -0.39 is 0 Å². The minimum atomic E-state index is 0.117. The van der Waals surface area contributed by atoms with E-state index in [9.17, 15) is 0 Å². The Labute approximate surface area is 133 Å². The highest BCUT2D eigenvalue weighted by molar-refractivity contribution is 5.53. The molecular weight excluding hydrogens is 274 g/mol. The van der Waals surface area contributed by atoms with Gasteiger partial charge in [0.15, 0.2) is 11.5 Å². The molecule has 3 rings (SSSR count). The second-order valence-electron chi connectivity index (χ2n) is 6.89. The van der Waals surface area contributed by atoms with E-state index in [4.69, 9.17) is 9.47 Å². The molecule has 0 saturated carbocycles. The molecule has 0 amide bonds. The molecule has 1 aliphatic carbocycles. The van der Waals surface area contributed by atoms with Crippen LogP contribution in [0.15, 0.2) is 24.3 Å². The van der Waals surface area contributed by atoms with Crippen LogP contribution in [-0.2, 0) is 5.41 Å². The molecule has 2 aliphatic rings. The summed E-state index contributed by atoms with van der Waals surface area (Å²) in [4.78, 5) is 2.52. The smallest absolute Gasteiger partial charge is 0.163 e. The van der Waals surface area contributed by atoms with Gasteiger partial charge in [-0.15, -0.1) is 0 Å². The fourth-order valence-corrected chi connectivity index (χ4v) is 4.28. The van der Waals surface area contributed by atoms with Crippen molar-refractivity contribution in [2.75, 3.05) is 27.8 Å². The monoisotopic (exact) mass is 301 g/mol. The Kier molecular flexibility index (Phi) is 3.94. The van der Waals surface area contributed by atoms with E-state index in [1.807, 2.05) is 0 Å². The van der Waals surface area contributed by atoms with Gasteiger partial charge in [0.05, 0.1) is 14.2 Å². The number of likely N-dealkylation sites (N-methyl/N-ethyl adjacent to an activating group) is 1. The zero-order chi connectivity index (χ0) is 15.9. The van der Waals surface area contributed by atoms with Crippen molar-refractivity contribution in [3.05, 3.63) is 35.4 Å². The molecular formula is C19H27NO2. The second-order valence-corrected chi connectivity index (χ2v) is 6.89. The van der Waals surface area contributed by atoms with Crippen molar-refractivity contribution in [3.63, 3.8) is 0 Å². The second kappa shape index (κ2) is 5.62. The minimum absolute atomic E-state index is 0.117. The lowest BCUT2D eigenvalue weighted by molar-refractivity contribution is 0.228. The summed E-state index contributed by atoms with van der Waals surface area (Å²) in [6, 6.07) is 5.04. The van der Waals surface area contributed by atoms with E-state index in [1.165, 1.54) is 18.4 Å². The number of nitrogens with zero attached hydrogens (tertiary/aromatic N) is 1. The van der Waals surface area contributed by atoms with Crippen molar-refractivity contribution in [1.82, 2.24) is 4.90 Å². The van der Waals surface area contributed by atoms with Crippen LogP contribution in [0.5, 0.6) is 11.5 Å². The van der Waals surface area contributed by atoms with Gasteiger partial charge >= 0.3 is 0 Å². The standard InChI is InChI=1S/C19H27NO2/c1-13-6-7-19(8-9-20(3)17(19)10-13)15-11-14(2)18(22-5)16(12-15)21-4/h6-7,11-13,17H,8-10H2,1-5H3/t13-,17+,19+/m1/s1. The molecule has 0 bridgehead atoms. The number of hydrogen-bond acceptors (Lipinski definition) is 3. The first-order chi connectivity index (χ1) is 10.5. The summed E-state index contributed by atoms with van der Waals surface area (Å²) in [5.41, 5.74) is 2.62. The fraction of sp³-hybridized carbons (Fsp3) is 0.579. The van der Waals surface area contributed by atoms with E-state index in [-0.39, 0.29) is 5.41 Å². The van der Waals surface area contributed by atoms with Crippen LogP contribution in [-0.4, -0.2) is 38.8 Å². The van der Waals surface area contributed by atoms with Crippen molar-refractivity contribution in [1.29, 1.82) is 0 Å². The van der Waals surface area contributed by atoms with E-state index in [0.29, 0.717) is 12.0 Å². The zero-order valence-electron chi connectivity index (χ0n) is 14.3. The number of likely N-dealkylation sites (tertiary alicyclic amines) is 1. The van der Waals surface area contributed by atoms with Crippen LogP contribution in [0.4, 0.5) is 0 Å². The summed E-state index contributed by atoms with van der Waals surface area (Å²) in [6.07, 6.45) is 7.24. The quantitative estimate of drug-likeness (QED) is 0.797. The molecule has 1 aliphatic heterocycles. The van der Waals surface area contributed by atoms with Gasteiger partial charge in [0, 0.05) is 11.5 Å². The summed E-state index contributed by atoms with van der Waals surface area (Å²) in [5.74, 6) is 2.34. The summed E-state index contributed by atoms with van der Waals surface area (Å²) >= 11 is 0. The Morgan fingerprint density at radius 2 is 2.00 bits per heavy atom. The Morgan fingerprint density at radius 1 is 1.23 bits per heavy atom. The van der Waals surface area contributed by atoms with Crippen LogP contribution in [0, 0.1) is 12.8 Å². The van der Waals surface area contributed by atoms with Crippen LogP contribution in [0.2, 0.25) is 0 Å². The molecule has 22 heavy (non-hydrogen) atoms. The third-order valence-electron chi connectivity index (χ3n) is 5.52. The average molecular weight is 301 g/mol. The molecule has 0 spiro atoms. The van der Waals surface area contributed by atoms with Gasteiger partial charge in [-0.1, -0.05) is 25.1 Å². The molecule has 0 radical (unpaired) electrons. The van der Waals surface area contributed by atoms with Crippen LogP contribution in [0.1, 0.15) is 30.9 Å². The highest BCUT2D eigenvalue weighted by Crippen LogP contribution is 2.48. The first kappa shape index (κ1) is 15.4. The number of benzene rings is 1. The molecule has 0 N–H and O–H groups in total. The molecule has 0 unspecified atom stereocenters. The van der Waals surface area contributed by atoms with Gasteiger partial charge in [-0.05, 0) is 56.5 Å². The average Bonchev–Trinajstić information content (AvgIpc) is 2.84. The lowest BCUT2D eigenvalue weighted by atomic mass is 9.68. The molecule has 3 atom stereocenters. The number of ether oxygens (including phenoxy) is 2. The third kappa shape index (κ3) is 2.23. The Balaban J connectivity index is 2.13. The number of rotatable bonds is 3. The van der Waals surface area contributed by atoms with Crippen molar-refractivity contribution in [2.45, 2.75) is 38.1 Å². The van der Waals surface area contributed by atoms with Crippen molar-refractivity contribution in [2.24, 2.45) is 5.92 Å². The van der Waals surface area contributed by atoms with Gasteiger partial charge < -0.3 is 14.4 Å². The highest BCUT2D eigenvalue weighted by Gasteiger charge is 2.47. The maximum absolute atomic E-state index is 5.58. The molecule has 3 heteroatoms. The van der Waals surface area contributed by atoms with Gasteiger partial charge in [-0.2, -0.15) is 0 Å². The molecule has 1 heterocycles. The topological polar surface area (TPSA) is 21.7 Å². The van der Waals surface area contributed by atoms with Gasteiger partial charge in [-0.25, -0.2) is 0 Å². The Hall–Kier alpha value is -1.48. The first-order valence-corrected chi connectivity index (χ1v) is 8.14. The molecule has 1 fully saturated rings. The lowest BCUT2D eigenvalue weighted by Crippen LogP contribution is -2.43. The number of fused-ring (bicyclic) bond motifs is 1. The van der Waals surface area contributed by atoms with Crippen molar-refractivity contribution >= 4 is 0 Å². The highest BCUT2D eigenvalue weighted by atomic mass is 16.5. The van der Waals surface area contributed by atoms with Crippen molar-refractivity contribution in [3.8, 4) is 11.5 Å². The van der Waals surface area contributed by atoms with Gasteiger partial charge in [0.2, 0.25) is 0 Å². The molecule has 1 saturated heterocycles.